The number of fused-ring (bicyclic) bond motifs is 1. The quantitative estimate of drug-likeness (QED) is 0.741. The van der Waals surface area contributed by atoms with Gasteiger partial charge in [-0.25, -0.2) is 0 Å². The van der Waals surface area contributed by atoms with Crippen LogP contribution in [0.4, 0.5) is 0 Å². The van der Waals surface area contributed by atoms with E-state index < -0.39 is 0 Å². The van der Waals surface area contributed by atoms with Crippen LogP contribution >= 0.6 is 0 Å². The molecule has 25 heavy (non-hydrogen) atoms. The van der Waals surface area contributed by atoms with Crippen molar-refractivity contribution in [3.63, 3.8) is 0 Å². The molecule has 0 saturated carbocycles. The van der Waals surface area contributed by atoms with Gasteiger partial charge in [-0.15, -0.1) is 0 Å². The average molecular weight is 333 g/mol. The number of rotatable bonds is 5. The molecule has 0 spiro atoms. The van der Waals surface area contributed by atoms with Gasteiger partial charge < -0.3 is 0 Å². The summed E-state index contributed by atoms with van der Waals surface area (Å²) in [5, 5.41) is 8.39. The van der Waals surface area contributed by atoms with E-state index in [9.17, 15) is 0 Å². The van der Waals surface area contributed by atoms with E-state index in [1.54, 1.807) is 0 Å². The van der Waals surface area contributed by atoms with Gasteiger partial charge in [0.1, 0.15) is 0 Å². The molecule has 3 heteroatoms. The predicted molar refractivity (Wildman–Crippen MR) is 104 cm³/mol. The number of nitrogens with one attached hydrogen (secondary N) is 1. The maximum absolute atomic E-state index is 4.13. The summed E-state index contributed by atoms with van der Waals surface area (Å²) in [7, 11) is 0. The molecule has 1 atom stereocenters. The van der Waals surface area contributed by atoms with Crippen LogP contribution in [-0.4, -0.2) is 28.2 Å². The highest BCUT2D eigenvalue weighted by molar-refractivity contribution is 5.78. The number of nitrogens with zero attached hydrogens (tertiary/aromatic N) is 2. The highest BCUT2D eigenvalue weighted by Crippen LogP contribution is 2.24. The second kappa shape index (κ2) is 7.40. The molecule has 0 unspecified atom stereocenters. The SMILES string of the molecule is CCc1ccc(CN2CCC[C@@H](Cc3ccc4[nH]ncc4c3)C2)cc1. The molecule has 3 nitrogen and oxygen atoms in total. The molecule has 1 saturated heterocycles. The molecule has 0 bridgehead atoms. The third kappa shape index (κ3) is 3.93. The van der Waals surface area contributed by atoms with Gasteiger partial charge in [0.2, 0.25) is 0 Å². The monoisotopic (exact) mass is 333 g/mol. The summed E-state index contributed by atoms with van der Waals surface area (Å²) >= 11 is 0. The summed E-state index contributed by atoms with van der Waals surface area (Å²) in [4.78, 5) is 2.63. The normalized spacial score (nSPS) is 18.7. The lowest BCUT2D eigenvalue weighted by Gasteiger charge is -2.33. The third-order valence-corrected chi connectivity index (χ3v) is 5.47. The molecule has 1 fully saturated rings. The Kier molecular flexibility index (Phi) is 4.84. The van der Waals surface area contributed by atoms with Crippen LogP contribution in [-0.2, 0) is 19.4 Å². The summed E-state index contributed by atoms with van der Waals surface area (Å²) < 4.78 is 0. The van der Waals surface area contributed by atoms with E-state index in [0.29, 0.717) is 0 Å². The van der Waals surface area contributed by atoms with E-state index in [1.807, 2.05) is 6.20 Å². The Hall–Kier alpha value is -2.13. The largest absolute Gasteiger partial charge is 0.299 e. The lowest BCUT2D eigenvalue weighted by Crippen LogP contribution is -2.35. The number of aromatic amines is 1. The summed E-state index contributed by atoms with van der Waals surface area (Å²) in [6.45, 7) is 5.73. The Morgan fingerprint density at radius 1 is 1.08 bits per heavy atom. The third-order valence-electron chi connectivity index (χ3n) is 5.47. The number of H-pyrrole nitrogens is 1. The molecule has 2 heterocycles. The summed E-state index contributed by atoms with van der Waals surface area (Å²) in [5.41, 5.74) is 5.44. The Morgan fingerprint density at radius 3 is 2.72 bits per heavy atom. The second-order valence-electron chi connectivity index (χ2n) is 7.41. The molecule has 1 aromatic heterocycles. The highest BCUT2D eigenvalue weighted by Gasteiger charge is 2.20. The standard InChI is InChI=1S/C22H27N3/c1-2-17-5-7-18(8-6-17)15-25-11-3-4-20(16-25)12-19-9-10-22-21(13-19)14-23-24-22/h5-10,13-14,20H,2-4,11-12,15-16H2,1H3,(H,23,24)/t20-/m0/s1. The Morgan fingerprint density at radius 2 is 1.88 bits per heavy atom. The minimum Gasteiger partial charge on any atom is -0.299 e. The number of benzene rings is 2. The van der Waals surface area contributed by atoms with Crippen LogP contribution in [0, 0.1) is 5.92 Å². The van der Waals surface area contributed by atoms with Crippen molar-refractivity contribution in [2.45, 2.75) is 39.2 Å². The fourth-order valence-corrected chi connectivity index (χ4v) is 4.05. The molecule has 4 rings (SSSR count). The number of hydrogen-bond acceptors (Lipinski definition) is 2. The van der Waals surface area contributed by atoms with Crippen LogP contribution in [0.2, 0.25) is 0 Å². The van der Waals surface area contributed by atoms with Gasteiger partial charge in [-0.05, 0) is 67.0 Å². The van der Waals surface area contributed by atoms with Gasteiger partial charge in [0.25, 0.3) is 0 Å². The van der Waals surface area contributed by atoms with Crippen LogP contribution in [0.3, 0.4) is 0 Å². The minimum absolute atomic E-state index is 0.757. The van der Waals surface area contributed by atoms with Gasteiger partial charge in [-0.3, -0.25) is 10.00 Å². The maximum atomic E-state index is 4.13. The van der Waals surface area contributed by atoms with Crippen molar-refractivity contribution in [3.8, 4) is 0 Å². The Bertz CT molecular complexity index is 819. The van der Waals surface area contributed by atoms with E-state index in [1.165, 1.54) is 54.4 Å². The van der Waals surface area contributed by atoms with Crippen LogP contribution < -0.4 is 0 Å². The molecular formula is C22H27N3. The highest BCUT2D eigenvalue weighted by atomic mass is 15.1. The second-order valence-corrected chi connectivity index (χ2v) is 7.41. The van der Waals surface area contributed by atoms with Gasteiger partial charge >= 0.3 is 0 Å². The zero-order valence-electron chi connectivity index (χ0n) is 15.0. The van der Waals surface area contributed by atoms with Crippen molar-refractivity contribution in [2.24, 2.45) is 5.92 Å². The van der Waals surface area contributed by atoms with Gasteiger partial charge in [0.15, 0.2) is 0 Å². The minimum atomic E-state index is 0.757. The molecular weight excluding hydrogens is 306 g/mol. The topological polar surface area (TPSA) is 31.9 Å². The van der Waals surface area contributed by atoms with Crippen LogP contribution in [0.5, 0.6) is 0 Å². The zero-order valence-corrected chi connectivity index (χ0v) is 15.0. The van der Waals surface area contributed by atoms with Gasteiger partial charge in [-0.1, -0.05) is 37.3 Å². The van der Waals surface area contributed by atoms with Gasteiger partial charge in [0, 0.05) is 18.5 Å². The number of hydrogen-bond donors (Lipinski definition) is 1. The first kappa shape index (κ1) is 16.3. The molecule has 130 valence electrons. The molecule has 0 amide bonds. The van der Waals surface area contributed by atoms with Crippen LogP contribution in [0.15, 0.2) is 48.7 Å². The average Bonchev–Trinajstić information content (AvgIpc) is 3.10. The summed E-state index contributed by atoms with van der Waals surface area (Å²) in [6, 6.07) is 15.9. The van der Waals surface area contributed by atoms with Crippen molar-refractivity contribution in [1.29, 1.82) is 0 Å². The molecule has 3 aromatic rings. The molecule has 0 radical (unpaired) electrons. The number of piperidine rings is 1. The Balaban J connectivity index is 1.38. The first-order valence-corrected chi connectivity index (χ1v) is 9.52. The van der Waals surface area contributed by atoms with Crippen molar-refractivity contribution < 1.29 is 0 Å². The van der Waals surface area contributed by atoms with Crippen molar-refractivity contribution >= 4 is 10.9 Å². The number of aryl methyl sites for hydroxylation is 1. The summed E-state index contributed by atoms with van der Waals surface area (Å²) in [5.74, 6) is 0.757. The number of likely N-dealkylation sites (tertiary alicyclic amines) is 1. The van der Waals surface area contributed by atoms with E-state index in [-0.39, 0.29) is 0 Å². The van der Waals surface area contributed by atoms with Gasteiger partial charge in [0.05, 0.1) is 11.7 Å². The molecule has 1 aliphatic heterocycles. The molecule has 0 aliphatic carbocycles. The predicted octanol–water partition coefficient (Wildman–Crippen LogP) is 4.58. The lowest BCUT2D eigenvalue weighted by atomic mass is 9.90. The van der Waals surface area contributed by atoms with Crippen molar-refractivity contribution in [2.75, 3.05) is 13.1 Å². The molecule has 1 aliphatic rings. The van der Waals surface area contributed by atoms with Crippen LogP contribution in [0.1, 0.15) is 36.5 Å². The van der Waals surface area contributed by atoms with Crippen molar-refractivity contribution in [1.82, 2.24) is 15.1 Å². The van der Waals surface area contributed by atoms with E-state index >= 15 is 0 Å². The Labute approximate surface area is 150 Å². The molecule has 2 aromatic carbocycles. The van der Waals surface area contributed by atoms with E-state index in [4.69, 9.17) is 0 Å². The zero-order chi connectivity index (χ0) is 17.1. The smallest absolute Gasteiger partial charge is 0.0650 e. The fraction of sp³-hybridized carbons (Fsp3) is 0.409. The maximum Gasteiger partial charge on any atom is 0.0650 e. The van der Waals surface area contributed by atoms with Crippen molar-refractivity contribution in [3.05, 3.63) is 65.4 Å². The van der Waals surface area contributed by atoms with Gasteiger partial charge in [-0.2, -0.15) is 5.10 Å². The first-order valence-electron chi connectivity index (χ1n) is 9.52. The first-order chi connectivity index (χ1) is 12.3. The fourth-order valence-electron chi connectivity index (χ4n) is 4.05. The van der Waals surface area contributed by atoms with E-state index in [2.05, 4.69) is 64.5 Å². The molecule has 1 N–H and O–H groups in total. The van der Waals surface area contributed by atoms with Crippen LogP contribution in [0.25, 0.3) is 10.9 Å². The van der Waals surface area contributed by atoms with E-state index in [0.717, 1.165) is 24.4 Å². The lowest BCUT2D eigenvalue weighted by molar-refractivity contribution is 0.167. The number of aromatic nitrogens is 2. The summed E-state index contributed by atoms with van der Waals surface area (Å²) in [6.07, 6.45) is 6.87.